The lowest BCUT2D eigenvalue weighted by Gasteiger charge is -2.11. The van der Waals surface area contributed by atoms with Gasteiger partial charge in [-0.25, -0.2) is 0 Å². The fourth-order valence-corrected chi connectivity index (χ4v) is 2.41. The van der Waals surface area contributed by atoms with Gasteiger partial charge in [-0.3, -0.25) is 4.79 Å². The van der Waals surface area contributed by atoms with Gasteiger partial charge in [0.1, 0.15) is 11.5 Å². The Hall–Kier alpha value is -2.49. The van der Waals surface area contributed by atoms with Crippen LogP contribution in [-0.4, -0.2) is 20.1 Å². The molecule has 122 valence electrons. The van der Waals surface area contributed by atoms with E-state index in [1.807, 2.05) is 36.4 Å². The second-order valence-electron chi connectivity index (χ2n) is 5.30. The predicted molar refractivity (Wildman–Crippen MR) is 90.9 cm³/mol. The number of methoxy groups -OCH3 is 2. The molecule has 4 heteroatoms. The Morgan fingerprint density at radius 3 is 2.57 bits per heavy atom. The summed E-state index contributed by atoms with van der Waals surface area (Å²) in [6.45, 7) is 2.56. The van der Waals surface area contributed by atoms with Crippen LogP contribution in [0.4, 0.5) is 0 Å². The van der Waals surface area contributed by atoms with Gasteiger partial charge < -0.3 is 14.8 Å². The summed E-state index contributed by atoms with van der Waals surface area (Å²) in [5.74, 6) is 1.53. The maximum Gasteiger partial charge on any atom is 0.224 e. The van der Waals surface area contributed by atoms with Crippen molar-refractivity contribution in [2.45, 2.75) is 26.3 Å². The van der Waals surface area contributed by atoms with Crippen LogP contribution in [0.15, 0.2) is 42.5 Å². The molecule has 0 saturated carbocycles. The standard InChI is InChI=1S/C19H23NO3/c1-4-14-8-9-18(23-3)16(10-14)13-20-19(21)12-15-6-5-7-17(11-15)22-2/h5-11H,4,12-13H2,1-3H3,(H,20,21). The molecule has 0 fully saturated rings. The highest BCUT2D eigenvalue weighted by molar-refractivity contribution is 5.78. The SMILES string of the molecule is CCc1ccc(OC)c(CNC(=O)Cc2cccc(OC)c2)c1. The highest BCUT2D eigenvalue weighted by atomic mass is 16.5. The van der Waals surface area contributed by atoms with Gasteiger partial charge in [-0.15, -0.1) is 0 Å². The molecule has 0 unspecified atom stereocenters. The van der Waals surface area contributed by atoms with Crippen molar-refractivity contribution in [3.05, 3.63) is 59.2 Å². The van der Waals surface area contributed by atoms with Crippen molar-refractivity contribution in [2.24, 2.45) is 0 Å². The Labute approximate surface area is 137 Å². The average Bonchev–Trinajstić information content (AvgIpc) is 2.59. The van der Waals surface area contributed by atoms with Crippen molar-refractivity contribution in [2.75, 3.05) is 14.2 Å². The van der Waals surface area contributed by atoms with E-state index in [2.05, 4.69) is 18.3 Å². The lowest BCUT2D eigenvalue weighted by atomic mass is 10.1. The van der Waals surface area contributed by atoms with Crippen molar-refractivity contribution < 1.29 is 14.3 Å². The molecule has 23 heavy (non-hydrogen) atoms. The van der Waals surface area contributed by atoms with Crippen LogP contribution in [0.2, 0.25) is 0 Å². The highest BCUT2D eigenvalue weighted by Gasteiger charge is 2.08. The number of nitrogens with one attached hydrogen (secondary N) is 1. The minimum atomic E-state index is -0.0257. The summed E-state index contributed by atoms with van der Waals surface area (Å²) >= 11 is 0. The molecule has 1 N–H and O–H groups in total. The molecule has 0 aliphatic rings. The molecular formula is C19H23NO3. The zero-order valence-electron chi connectivity index (χ0n) is 13.9. The molecule has 0 aromatic heterocycles. The number of rotatable bonds is 7. The van der Waals surface area contributed by atoms with Crippen LogP contribution < -0.4 is 14.8 Å². The third-order valence-electron chi connectivity index (χ3n) is 3.73. The largest absolute Gasteiger partial charge is 0.497 e. The van der Waals surface area contributed by atoms with Crippen LogP contribution in [0.25, 0.3) is 0 Å². The van der Waals surface area contributed by atoms with E-state index >= 15 is 0 Å². The quantitative estimate of drug-likeness (QED) is 0.854. The fraction of sp³-hybridized carbons (Fsp3) is 0.316. The van der Waals surface area contributed by atoms with E-state index in [0.717, 1.165) is 29.0 Å². The Balaban J connectivity index is 1.98. The molecule has 4 nitrogen and oxygen atoms in total. The molecule has 2 rings (SSSR count). The van der Waals surface area contributed by atoms with Gasteiger partial charge in [0, 0.05) is 12.1 Å². The Morgan fingerprint density at radius 2 is 1.87 bits per heavy atom. The van der Waals surface area contributed by atoms with E-state index in [-0.39, 0.29) is 5.91 Å². The summed E-state index contributed by atoms with van der Waals surface area (Å²) in [7, 11) is 3.26. The van der Waals surface area contributed by atoms with Crippen LogP contribution in [0.3, 0.4) is 0 Å². The lowest BCUT2D eigenvalue weighted by Crippen LogP contribution is -2.24. The van der Waals surface area contributed by atoms with Crippen molar-refractivity contribution in [3.8, 4) is 11.5 Å². The van der Waals surface area contributed by atoms with Crippen molar-refractivity contribution >= 4 is 5.91 Å². The molecule has 2 aromatic carbocycles. The van der Waals surface area contributed by atoms with Crippen LogP contribution in [0.1, 0.15) is 23.6 Å². The number of carbonyl (C=O) groups excluding carboxylic acids is 1. The fourth-order valence-electron chi connectivity index (χ4n) is 2.41. The van der Waals surface area contributed by atoms with Crippen LogP contribution in [0.5, 0.6) is 11.5 Å². The third-order valence-corrected chi connectivity index (χ3v) is 3.73. The van der Waals surface area contributed by atoms with Crippen LogP contribution in [-0.2, 0) is 24.2 Å². The second-order valence-corrected chi connectivity index (χ2v) is 5.30. The number of amides is 1. The van der Waals surface area contributed by atoms with Gasteiger partial charge in [-0.2, -0.15) is 0 Å². The van der Waals surface area contributed by atoms with Crippen LogP contribution in [0, 0.1) is 0 Å². The van der Waals surface area contributed by atoms with Gasteiger partial charge in [0.15, 0.2) is 0 Å². The van der Waals surface area contributed by atoms with Gasteiger partial charge in [-0.1, -0.05) is 31.2 Å². The minimum Gasteiger partial charge on any atom is -0.497 e. The number of hydrogen-bond acceptors (Lipinski definition) is 3. The zero-order valence-corrected chi connectivity index (χ0v) is 13.9. The number of aryl methyl sites for hydroxylation is 1. The van der Waals surface area contributed by atoms with E-state index < -0.39 is 0 Å². The summed E-state index contributed by atoms with van der Waals surface area (Å²) in [5, 5.41) is 2.95. The molecule has 0 saturated heterocycles. The van der Waals surface area contributed by atoms with E-state index in [9.17, 15) is 4.79 Å². The van der Waals surface area contributed by atoms with E-state index in [1.165, 1.54) is 5.56 Å². The van der Waals surface area contributed by atoms with Gasteiger partial charge >= 0.3 is 0 Å². The zero-order chi connectivity index (χ0) is 16.7. The molecule has 0 aliphatic heterocycles. The number of benzene rings is 2. The Kier molecular flexibility index (Phi) is 6.03. The maximum atomic E-state index is 12.1. The summed E-state index contributed by atoms with van der Waals surface area (Å²) in [6.07, 6.45) is 1.28. The van der Waals surface area contributed by atoms with Crippen molar-refractivity contribution in [3.63, 3.8) is 0 Å². The molecule has 0 bridgehead atoms. The number of hydrogen-bond donors (Lipinski definition) is 1. The first-order valence-electron chi connectivity index (χ1n) is 7.71. The van der Waals surface area contributed by atoms with Gasteiger partial charge in [0.25, 0.3) is 0 Å². The number of carbonyl (C=O) groups is 1. The Morgan fingerprint density at radius 1 is 1.04 bits per heavy atom. The second kappa shape index (κ2) is 8.22. The minimum absolute atomic E-state index is 0.0257. The van der Waals surface area contributed by atoms with Gasteiger partial charge in [-0.05, 0) is 35.7 Å². The van der Waals surface area contributed by atoms with E-state index in [0.29, 0.717) is 13.0 Å². The first-order chi connectivity index (χ1) is 11.2. The van der Waals surface area contributed by atoms with Crippen molar-refractivity contribution in [1.29, 1.82) is 0 Å². The number of ether oxygens (including phenoxy) is 2. The monoisotopic (exact) mass is 313 g/mol. The molecule has 1 amide bonds. The first-order valence-corrected chi connectivity index (χ1v) is 7.71. The molecule has 2 aromatic rings. The normalized spacial score (nSPS) is 10.2. The van der Waals surface area contributed by atoms with E-state index in [4.69, 9.17) is 9.47 Å². The predicted octanol–water partition coefficient (Wildman–Crippen LogP) is 3.13. The van der Waals surface area contributed by atoms with E-state index in [1.54, 1.807) is 14.2 Å². The van der Waals surface area contributed by atoms with Gasteiger partial charge in [0.2, 0.25) is 5.91 Å². The highest BCUT2D eigenvalue weighted by Crippen LogP contribution is 2.20. The molecule has 0 spiro atoms. The average molecular weight is 313 g/mol. The molecular weight excluding hydrogens is 290 g/mol. The summed E-state index contributed by atoms with van der Waals surface area (Å²) in [6, 6.07) is 13.6. The summed E-state index contributed by atoms with van der Waals surface area (Å²) < 4.78 is 10.5. The Bertz CT molecular complexity index is 667. The molecule has 0 atom stereocenters. The molecule has 0 radical (unpaired) electrons. The van der Waals surface area contributed by atoms with Crippen molar-refractivity contribution in [1.82, 2.24) is 5.32 Å². The third kappa shape index (κ3) is 4.74. The smallest absolute Gasteiger partial charge is 0.224 e. The topological polar surface area (TPSA) is 47.6 Å². The summed E-state index contributed by atoms with van der Waals surface area (Å²) in [4.78, 5) is 12.1. The molecule has 0 aliphatic carbocycles. The first kappa shape index (κ1) is 16.9. The molecule has 0 heterocycles. The van der Waals surface area contributed by atoms with Crippen LogP contribution >= 0.6 is 0 Å². The summed E-state index contributed by atoms with van der Waals surface area (Å²) in [5.41, 5.74) is 3.14. The lowest BCUT2D eigenvalue weighted by molar-refractivity contribution is -0.120. The maximum absolute atomic E-state index is 12.1. The van der Waals surface area contributed by atoms with Gasteiger partial charge in [0.05, 0.1) is 20.6 Å².